The quantitative estimate of drug-likeness (QED) is 0.706. The van der Waals surface area contributed by atoms with Crippen molar-refractivity contribution in [1.29, 1.82) is 0 Å². The minimum absolute atomic E-state index is 0.469. The van der Waals surface area contributed by atoms with Crippen LogP contribution in [0.2, 0.25) is 0 Å². The first-order valence-corrected chi connectivity index (χ1v) is 5.27. The van der Waals surface area contributed by atoms with Gasteiger partial charge in [0, 0.05) is 0 Å². The zero-order valence-electron chi connectivity index (χ0n) is 8.15. The Hall–Kier alpha value is -1.22. The fourth-order valence-electron chi connectivity index (χ4n) is 1.20. The third-order valence-corrected chi connectivity index (χ3v) is 3.52. The van der Waals surface area contributed by atoms with Crippen molar-refractivity contribution in [2.45, 2.75) is 19.3 Å². The van der Waals surface area contributed by atoms with Crippen molar-refractivity contribution in [2.24, 2.45) is 0 Å². The highest BCUT2D eigenvalue weighted by atomic mass is 32.1. The second-order valence-electron chi connectivity index (χ2n) is 3.83. The molecule has 2 nitrogen and oxygen atoms in total. The Morgan fingerprint density at radius 3 is 2.71 bits per heavy atom. The Morgan fingerprint density at radius 1 is 1.36 bits per heavy atom. The van der Waals surface area contributed by atoms with Crippen LogP contribution in [0.15, 0.2) is 24.3 Å². The summed E-state index contributed by atoms with van der Waals surface area (Å²) in [6.45, 7) is 3.77. The molecule has 0 fully saturated rings. The van der Waals surface area contributed by atoms with Gasteiger partial charge in [0.15, 0.2) is 0 Å². The van der Waals surface area contributed by atoms with E-state index in [0.717, 1.165) is 21.5 Å². The van der Waals surface area contributed by atoms with E-state index >= 15 is 0 Å². The van der Waals surface area contributed by atoms with Gasteiger partial charge >= 0.3 is 0 Å². The van der Waals surface area contributed by atoms with E-state index in [1.54, 1.807) is 11.3 Å². The van der Waals surface area contributed by atoms with Gasteiger partial charge in [-0.1, -0.05) is 12.1 Å². The Balaban J connectivity index is 2.60. The van der Waals surface area contributed by atoms with Gasteiger partial charge in [0.1, 0.15) is 11.3 Å². The van der Waals surface area contributed by atoms with Gasteiger partial charge < -0.3 is 4.79 Å². The first kappa shape index (κ1) is 9.34. The van der Waals surface area contributed by atoms with Crippen molar-refractivity contribution in [3.8, 4) is 0 Å². The summed E-state index contributed by atoms with van der Waals surface area (Å²) in [5, 5.41) is 0.883. The second kappa shape index (κ2) is 3.17. The van der Waals surface area contributed by atoms with Crippen LogP contribution in [-0.4, -0.2) is 11.3 Å². The average molecular weight is 205 g/mol. The van der Waals surface area contributed by atoms with Gasteiger partial charge in [-0.05, 0) is 26.0 Å². The lowest BCUT2D eigenvalue weighted by Gasteiger charge is -2.11. The van der Waals surface area contributed by atoms with Crippen LogP contribution in [0.1, 0.15) is 18.9 Å². The maximum Gasteiger partial charge on any atom is 0.132 e. The minimum Gasteiger partial charge on any atom is -0.302 e. The van der Waals surface area contributed by atoms with Gasteiger partial charge in [-0.3, -0.25) is 0 Å². The van der Waals surface area contributed by atoms with E-state index in [1.165, 1.54) is 0 Å². The van der Waals surface area contributed by atoms with Gasteiger partial charge in [-0.25, -0.2) is 4.98 Å². The largest absolute Gasteiger partial charge is 0.302 e. The molecule has 0 aliphatic heterocycles. The number of hydrogen-bond donors (Lipinski definition) is 0. The molecule has 3 heteroatoms. The summed E-state index contributed by atoms with van der Waals surface area (Å²) in [7, 11) is 0. The smallest absolute Gasteiger partial charge is 0.132 e. The lowest BCUT2D eigenvalue weighted by molar-refractivity contribution is -0.111. The predicted molar refractivity (Wildman–Crippen MR) is 58.7 cm³/mol. The van der Waals surface area contributed by atoms with Crippen LogP contribution in [0.4, 0.5) is 0 Å². The summed E-state index contributed by atoms with van der Waals surface area (Å²) >= 11 is 1.59. The highest BCUT2D eigenvalue weighted by Gasteiger charge is 2.23. The summed E-state index contributed by atoms with van der Waals surface area (Å²) in [5.41, 5.74) is 0.506. The number of benzene rings is 1. The molecule has 0 saturated carbocycles. The van der Waals surface area contributed by atoms with E-state index in [-0.39, 0.29) is 0 Å². The lowest BCUT2D eigenvalue weighted by atomic mass is 9.97. The Morgan fingerprint density at radius 2 is 2.07 bits per heavy atom. The normalized spacial score (nSPS) is 11.9. The van der Waals surface area contributed by atoms with Gasteiger partial charge in [-0.2, -0.15) is 0 Å². The molecule has 0 saturated heterocycles. The van der Waals surface area contributed by atoms with Crippen LogP contribution >= 0.6 is 11.3 Å². The average Bonchev–Trinajstić information content (AvgIpc) is 2.61. The number of para-hydroxylation sites is 1. The molecule has 2 rings (SSSR count). The van der Waals surface area contributed by atoms with Crippen LogP contribution in [0.5, 0.6) is 0 Å². The zero-order chi connectivity index (χ0) is 10.2. The number of carbonyl (C=O) groups is 1. The molecule has 0 aliphatic rings. The van der Waals surface area contributed by atoms with Crippen molar-refractivity contribution in [3.05, 3.63) is 29.3 Å². The minimum atomic E-state index is -0.469. The zero-order valence-corrected chi connectivity index (χ0v) is 8.97. The van der Waals surface area contributed by atoms with Gasteiger partial charge in [0.2, 0.25) is 0 Å². The highest BCUT2D eigenvalue weighted by Crippen LogP contribution is 2.29. The molecule has 0 amide bonds. The molecule has 0 spiro atoms. The number of aldehydes is 1. The van der Waals surface area contributed by atoms with E-state index in [0.29, 0.717) is 0 Å². The molecular weight excluding hydrogens is 194 g/mol. The molecule has 72 valence electrons. The first-order valence-electron chi connectivity index (χ1n) is 4.46. The molecule has 0 atom stereocenters. The molecule has 0 N–H and O–H groups in total. The molecule has 2 aromatic rings. The van der Waals surface area contributed by atoms with Crippen LogP contribution in [-0.2, 0) is 10.2 Å². The number of fused-ring (bicyclic) bond motifs is 1. The maximum absolute atomic E-state index is 10.9. The van der Waals surface area contributed by atoms with Gasteiger partial charge in [0.25, 0.3) is 0 Å². The van der Waals surface area contributed by atoms with Crippen molar-refractivity contribution < 1.29 is 4.79 Å². The molecule has 0 unspecified atom stereocenters. The SMILES string of the molecule is CC(C)(C=O)c1nc2ccccc2s1. The first-order chi connectivity index (χ1) is 6.63. The van der Waals surface area contributed by atoms with Crippen LogP contribution in [0.3, 0.4) is 0 Å². The van der Waals surface area contributed by atoms with Crippen LogP contribution in [0, 0.1) is 0 Å². The standard InChI is InChI=1S/C11H11NOS/c1-11(2,7-13)10-12-8-5-3-4-6-9(8)14-10/h3-7H,1-2H3. The Bertz CT molecular complexity index is 440. The number of rotatable bonds is 2. The molecule has 1 aromatic carbocycles. The summed E-state index contributed by atoms with van der Waals surface area (Å²) in [6.07, 6.45) is 0.949. The number of thiazole rings is 1. The van der Waals surface area contributed by atoms with E-state index < -0.39 is 5.41 Å². The fourth-order valence-corrected chi connectivity index (χ4v) is 2.23. The van der Waals surface area contributed by atoms with Crippen LogP contribution in [0.25, 0.3) is 10.2 Å². The fraction of sp³-hybridized carbons (Fsp3) is 0.273. The van der Waals surface area contributed by atoms with Crippen molar-refractivity contribution >= 4 is 27.8 Å². The number of carbonyl (C=O) groups excluding carboxylic acids is 1. The Labute approximate surface area is 86.6 Å². The summed E-state index contributed by atoms with van der Waals surface area (Å²) < 4.78 is 1.14. The number of aromatic nitrogens is 1. The Kier molecular flexibility index (Phi) is 2.11. The van der Waals surface area contributed by atoms with E-state index in [9.17, 15) is 4.79 Å². The topological polar surface area (TPSA) is 30.0 Å². The lowest BCUT2D eigenvalue weighted by Crippen LogP contribution is -2.17. The summed E-state index contributed by atoms with van der Waals surface area (Å²) in [5.74, 6) is 0. The maximum atomic E-state index is 10.9. The molecule has 14 heavy (non-hydrogen) atoms. The predicted octanol–water partition coefficient (Wildman–Crippen LogP) is 2.77. The second-order valence-corrected chi connectivity index (χ2v) is 4.86. The monoisotopic (exact) mass is 205 g/mol. The van der Waals surface area contributed by atoms with E-state index in [4.69, 9.17) is 0 Å². The third-order valence-electron chi connectivity index (χ3n) is 2.14. The van der Waals surface area contributed by atoms with E-state index in [2.05, 4.69) is 4.98 Å². The third kappa shape index (κ3) is 1.44. The summed E-state index contributed by atoms with van der Waals surface area (Å²) in [6, 6.07) is 7.94. The number of nitrogens with zero attached hydrogens (tertiary/aromatic N) is 1. The molecular formula is C11H11NOS. The van der Waals surface area contributed by atoms with Crippen molar-refractivity contribution in [3.63, 3.8) is 0 Å². The molecule has 0 radical (unpaired) electrons. The molecule has 0 bridgehead atoms. The van der Waals surface area contributed by atoms with Crippen molar-refractivity contribution in [1.82, 2.24) is 4.98 Å². The van der Waals surface area contributed by atoms with Gasteiger partial charge in [-0.15, -0.1) is 11.3 Å². The van der Waals surface area contributed by atoms with Gasteiger partial charge in [0.05, 0.1) is 15.6 Å². The molecule has 1 aromatic heterocycles. The van der Waals surface area contributed by atoms with E-state index in [1.807, 2.05) is 38.1 Å². The molecule has 0 aliphatic carbocycles. The summed E-state index contributed by atoms with van der Waals surface area (Å²) in [4.78, 5) is 15.3. The van der Waals surface area contributed by atoms with Crippen LogP contribution < -0.4 is 0 Å². The molecule has 1 heterocycles. The van der Waals surface area contributed by atoms with Crippen molar-refractivity contribution in [2.75, 3.05) is 0 Å². The number of hydrogen-bond acceptors (Lipinski definition) is 3. The highest BCUT2D eigenvalue weighted by molar-refractivity contribution is 7.18.